The smallest absolute Gasteiger partial charge is 0.322 e. The van der Waals surface area contributed by atoms with E-state index in [-0.39, 0.29) is 48.7 Å². The molecule has 1 aliphatic heterocycles. The molecule has 1 aliphatic carbocycles. The van der Waals surface area contributed by atoms with Crippen LogP contribution in [0.4, 0.5) is 8.78 Å². The van der Waals surface area contributed by atoms with Crippen molar-refractivity contribution in [3.8, 4) is 5.88 Å². The normalized spacial score (nSPS) is 22.5. The van der Waals surface area contributed by atoms with E-state index < -0.39 is 28.0 Å². The van der Waals surface area contributed by atoms with Gasteiger partial charge in [0.25, 0.3) is 0 Å². The number of aryl methyl sites for hydroxylation is 1. The lowest BCUT2D eigenvalue weighted by Gasteiger charge is -2.29. The molecule has 2 fully saturated rings. The molecule has 2 atom stereocenters. The minimum atomic E-state index is -4.07. The molecule has 1 saturated heterocycles. The third kappa shape index (κ3) is 6.85. The van der Waals surface area contributed by atoms with Crippen molar-refractivity contribution in [2.75, 3.05) is 13.1 Å². The number of rotatable bonds is 11. The molecule has 0 spiro atoms. The highest BCUT2D eigenvalue weighted by Gasteiger charge is 2.41. The first kappa shape index (κ1) is 26.7. The van der Waals surface area contributed by atoms with E-state index >= 15 is 0 Å². The summed E-state index contributed by atoms with van der Waals surface area (Å²) in [5.74, 6) is -3.69. The molecule has 1 saturated carbocycles. The molecular formula is C23H35F2N3O5S. The first-order valence-corrected chi connectivity index (χ1v) is 13.4. The number of nitrogens with zero attached hydrogens (tertiary/aromatic N) is 2. The number of halogens is 2. The van der Waals surface area contributed by atoms with Crippen molar-refractivity contribution in [1.29, 1.82) is 0 Å². The largest absolute Gasteiger partial charge is 0.480 e. The van der Waals surface area contributed by atoms with Crippen LogP contribution in [0.2, 0.25) is 0 Å². The van der Waals surface area contributed by atoms with Crippen LogP contribution in [0.5, 0.6) is 5.88 Å². The lowest BCUT2D eigenvalue weighted by molar-refractivity contribution is -0.140. The Balaban J connectivity index is 1.53. The van der Waals surface area contributed by atoms with Gasteiger partial charge in [-0.2, -0.15) is 4.31 Å². The van der Waals surface area contributed by atoms with Crippen molar-refractivity contribution < 1.29 is 31.8 Å². The molecule has 1 aromatic rings. The zero-order valence-corrected chi connectivity index (χ0v) is 20.6. The maximum atomic E-state index is 13.2. The third-order valence-corrected chi connectivity index (χ3v) is 8.46. The van der Waals surface area contributed by atoms with Gasteiger partial charge >= 0.3 is 5.97 Å². The van der Waals surface area contributed by atoms with Crippen molar-refractivity contribution in [2.45, 2.75) is 101 Å². The van der Waals surface area contributed by atoms with E-state index in [1.165, 1.54) is 6.07 Å². The predicted molar refractivity (Wildman–Crippen MR) is 123 cm³/mol. The van der Waals surface area contributed by atoms with Gasteiger partial charge in [-0.3, -0.25) is 4.79 Å². The quantitative estimate of drug-likeness (QED) is 0.443. The van der Waals surface area contributed by atoms with E-state index in [2.05, 4.69) is 10.3 Å². The Bertz CT molecular complexity index is 950. The molecule has 2 heterocycles. The number of sulfonamides is 1. The molecule has 0 aromatic carbocycles. The van der Waals surface area contributed by atoms with E-state index in [4.69, 9.17) is 4.74 Å². The fourth-order valence-corrected chi connectivity index (χ4v) is 6.27. The molecule has 1 aromatic heterocycles. The van der Waals surface area contributed by atoms with Crippen molar-refractivity contribution >= 4 is 16.0 Å². The molecule has 11 heteroatoms. The highest BCUT2D eigenvalue weighted by molar-refractivity contribution is 7.89. The van der Waals surface area contributed by atoms with Crippen LogP contribution in [-0.2, 0) is 14.8 Å². The Morgan fingerprint density at radius 1 is 1.29 bits per heavy atom. The second kappa shape index (κ2) is 11.3. The first-order chi connectivity index (χ1) is 16.0. The number of aromatic nitrogens is 1. The fraction of sp³-hybridized carbons (Fsp3) is 0.739. The monoisotopic (exact) mass is 503 g/mol. The number of aliphatic carboxylic acids is 1. The number of hydrogen-bond acceptors (Lipinski definition) is 6. The van der Waals surface area contributed by atoms with Crippen LogP contribution in [0.15, 0.2) is 17.0 Å². The van der Waals surface area contributed by atoms with Crippen molar-refractivity contribution in [2.24, 2.45) is 0 Å². The predicted octanol–water partition coefficient (Wildman–Crippen LogP) is 3.73. The summed E-state index contributed by atoms with van der Waals surface area (Å²) in [6, 6.07) is 2.05. The Morgan fingerprint density at radius 2 is 2.00 bits per heavy atom. The van der Waals surface area contributed by atoms with Gasteiger partial charge in [0.05, 0.1) is 6.10 Å². The second-order valence-corrected chi connectivity index (χ2v) is 11.2. The number of unbranched alkanes of at least 4 members (excludes halogenated alkanes) is 1. The fourth-order valence-electron chi connectivity index (χ4n) is 4.56. The average molecular weight is 504 g/mol. The molecule has 0 unspecified atom stereocenters. The molecule has 2 N–H and O–H groups in total. The molecule has 3 rings (SSSR count). The lowest BCUT2D eigenvalue weighted by atomic mass is 9.92. The molecule has 8 nitrogen and oxygen atoms in total. The summed E-state index contributed by atoms with van der Waals surface area (Å²) in [5.41, 5.74) is 0.597. The number of pyridine rings is 1. The van der Waals surface area contributed by atoms with Gasteiger partial charge in [0, 0.05) is 31.1 Å². The van der Waals surface area contributed by atoms with Gasteiger partial charge in [-0.1, -0.05) is 0 Å². The van der Waals surface area contributed by atoms with Gasteiger partial charge in [-0.25, -0.2) is 22.2 Å². The van der Waals surface area contributed by atoms with Crippen LogP contribution in [0.25, 0.3) is 0 Å². The standard InChI is InChI=1S/C23H35F2N3O5S/c1-16-8-9-20(34(31,32)28-15-5-7-19(28)22(29)30)21(27-16)33-17(2)6-3-4-14-26-18-10-12-23(24,25)13-11-18/h8-9,17-19,26H,3-7,10-15H2,1-2H3,(H,29,30)/t17-,19+/m1/s1. The lowest BCUT2D eigenvalue weighted by Crippen LogP contribution is -2.40. The summed E-state index contributed by atoms with van der Waals surface area (Å²) in [6.45, 7) is 4.45. The van der Waals surface area contributed by atoms with Gasteiger partial charge in [-0.05, 0) is 77.5 Å². The summed E-state index contributed by atoms with van der Waals surface area (Å²) in [7, 11) is -4.07. The summed E-state index contributed by atoms with van der Waals surface area (Å²) in [6.07, 6.45) is 3.65. The van der Waals surface area contributed by atoms with Crippen molar-refractivity contribution in [3.63, 3.8) is 0 Å². The van der Waals surface area contributed by atoms with E-state index in [1.54, 1.807) is 13.0 Å². The molecule has 192 valence electrons. The number of carboxylic acid groups (broad SMARTS) is 1. The van der Waals surface area contributed by atoms with E-state index in [1.807, 2.05) is 6.92 Å². The maximum Gasteiger partial charge on any atom is 0.322 e. The molecule has 0 radical (unpaired) electrons. The van der Waals surface area contributed by atoms with Crippen LogP contribution >= 0.6 is 0 Å². The first-order valence-electron chi connectivity index (χ1n) is 12.0. The zero-order chi connectivity index (χ0) is 24.9. The van der Waals surface area contributed by atoms with Crippen LogP contribution in [0.1, 0.15) is 70.4 Å². The molecular weight excluding hydrogens is 468 g/mol. The van der Waals surface area contributed by atoms with Crippen LogP contribution in [0, 0.1) is 6.92 Å². The summed E-state index contributed by atoms with van der Waals surface area (Å²) < 4.78 is 59.9. The highest BCUT2D eigenvalue weighted by Crippen LogP contribution is 2.33. The number of hydrogen-bond donors (Lipinski definition) is 2. The Kier molecular flexibility index (Phi) is 8.86. The zero-order valence-electron chi connectivity index (χ0n) is 19.8. The number of ether oxygens (including phenoxy) is 1. The van der Waals surface area contributed by atoms with Crippen LogP contribution in [-0.4, -0.2) is 66.0 Å². The number of carboxylic acids is 1. The Labute approximate surface area is 200 Å². The SMILES string of the molecule is Cc1ccc(S(=O)(=O)N2CCC[C@H]2C(=O)O)c(O[C@H](C)CCCCNC2CCC(F)(F)CC2)n1. The van der Waals surface area contributed by atoms with E-state index in [9.17, 15) is 27.1 Å². The number of alkyl halides is 2. The Morgan fingerprint density at radius 3 is 2.68 bits per heavy atom. The van der Waals surface area contributed by atoms with Crippen LogP contribution in [0.3, 0.4) is 0 Å². The maximum absolute atomic E-state index is 13.2. The molecule has 34 heavy (non-hydrogen) atoms. The number of nitrogens with one attached hydrogen (secondary N) is 1. The van der Waals surface area contributed by atoms with Crippen molar-refractivity contribution in [1.82, 2.24) is 14.6 Å². The topological polar surface area (TPSA) is 109 Å². The van der Waals surface area contributed by atoms with E-state index in [0.29, 0.717) is 31.4 Å². The highest BCUT2D eigenvalue weighted by atomic mass is 32.2. The Hall–Kier alpha value is -1.85. The van der Waals surface area contributed by atoms with Crippen molar-refractivity contribution in [3.05, 3.63) is 17.8 Å². The number of carbonyl (C=O) groups is 1. The third-order valence-electron chi connectivity index (χ3n) is 6.54. The van der Waals surface area contributed by atoms with Gasteiger partial charge < -0.3 is 15.2 Å². The molecule has 0 bridgehead atoms. The van der Waals surface area contributed by atoms with Gasteiger partial charge in [0.15, 0.2) is 0 Å². The average Bonchev–Trinajstić information content (AvgIpc) is 3.26. The summed E-state index contributed by atoms with van der Waals surface area (Å²) in [4.78, 5) is 15.7. The van der Waals surface area contributed by atoms with Gasteiger partial charge in [-0.15, -0.1) is 0 Å². The van der Waals surface area contributed by atoms with Crippen LogP contribution < -0.4 is 10.1 Å². The minimum absolute atomic E-state index is 0.00945. The second-order valence-electron chi connectivity index (χ2n) is 9.38. The summed E-state index contributed by atoms with van der Waals surface area (Å²) >= 11 is 0. The van der Waals surface area contributed by atoms with Gasteiger partial charge in [0.2, 0.25) is 21.8 Å². The minimum Gasteiger partial charge on any atom is -0.480 e. The molecule has 2 aliphatic rings. The van der Waals surface area contributed by atoms with E-state index in [0.717, 1.165) is 23.7 Å². The molecule has 0 amide bonds. The summed E-state index contributed by atoms with van der Waals surface area (Å²) in [5, 5.41) is 12.8. The van der Waals surface area contributed by atoms with Gasteiger partial charge in [0.1, 0.15) is 10.9 Å².